The summed E-state index contributed by atoms with van der Waals surface area (Å²) in [6, 6.07) is 12.5. The van der Waals surface area contributed by atoms with Gasteiger partial charge in [-0.2, -0.15) is 0 Å². The lowest BCUT2D eigenvalue weighted by atomic mass is 9.72. The van der Waals surface area contributed by atoms with Gasteiger partial charge in [0.25, 0.3) is 0 Å². The highest BCUT2D eigenvalue weighted by Crippen LogP contribution is 2.48. The summed E-state index contributed by atoms with van der Waals surface area (Å²) in [5.74, 6) is -0.672. The van der Waals surface area contributed by atoms with Crippen LogP contribution in [0.1, 0.15) is 24.3 Å². The number of anilines is 2. The Balaban J connectivity index is 1.43. The fourth-order valence-electron chi connectivity index (χ4n) is 5.28. The molecule has 0 spiro atoms. The van der Waals surface area contributed by atoms with Crippen molar-refractivity contribution in [3.8, 4) is 0 Å². The van der Waals surface area contributed by atoms with Crippen LogP contribution in [0.15, 0.2) is 48.5 Å². The number of carbonyl (C=O) groups excluding carboxylic acids is 2. The Morgan fingerprint density at radius 3 is 2.56 bits per heavy atom. The molecule has 168 valence electrons. The van der Waals surface area contributed by atoms with Gasteiger partial charge in [0.05, 0.1) is 24.4 Å². The number of hydrogen-bond acceptors (Lipinski definition) is 4. The van der Waals surface area contributed by atoms with Crippen LogP contribution >= 0.6 is 0 Å². The van der Waals surface area contributed by atoms with Gasteiger partial charge in [0, 0.05) is 37.3 Å². The standard InChI is InChI=1S/C24H26FN3O4/c25-17-6-2-3-7-18(17)26-24(31)28-20-13-27(23(30)15-9-11-32-12-10-15)19-8-4-1-5-16(19)22(20)21(28)14-29/h1-8,15,20-22,29H,9-14H2,(H,26,31)/t20-,21-,22-/m1/s1. The van der Waals surface area contributed by atoms with Gasteiger partial charge in [-0.05, 0) is 36.6 Å². The number of halogens is 1. The zero-order valence-electron chi connectivity index (χ0n) is 17.6. The fraction of sp³-hybridized carbons (Fsp3) is 0.417. The molecule has 2 aromatic carbocycles. The Kier molecular flexibility index (Phi) is 5.57. The number of fused-ring (bicyclic) bond motifs is 3. The predicted molar refractivity (Wildman–Crippen MR) is 117 cm³/mol. The van der Waals surface area contributed by atoms with Crippen LogP contribution in [0.3, 0.4) is 0 Å². The van der Waals surface area contributed by atoms with Gasteiger partial charge in [-0.3, -0.25) is 4.79 Å². The van der Waals surface area contributed by atoms with Gasteiger partial charge in [0.1, 0.15) is 5.82 Å². The number of para-hydroxylation sites is 2. The van der Waals surface area contributed by atoms with Crippen molar-refractivity contribution < 1.29 is 23.8 Å². The summed E-state index contributed by atoms with van der Waals surface area (Å²) in [6.45, 7) is 1.27. The van der Waals surface area contributed by atoms with Crippen LogP contribution in [0.4, 0.5) is 20.6 Å². The van der Waals surface area contributed by atoms with Crippen LogP contribution in [-0.2, 0) is 9.53 Å². The number of carbonyl (C=O) groups is 2. The molecule has 7 nitrogen and oxygen atoms in total. The lowest BCUT2D eigenvalue weighted by molar-refractivity contribution is -0.126. The summed E-state index contributed by atoms with van der Waals surface area (Å²) < 4.78 is 19.5. The summed E-state index contributed by atoms with van der Waals surface area (Å²) in [4.78, 5) is 29.8. The minimum Gasteiger partial charge on any atom is -0.394 e. The van der Waals surface area contributed by atoms with Crippen LogP contribution in [0, 0.1) is 11.7 Å². The van der Waals surface area contributed by atoms with Crippen molar-refractivity contribution in [1.82, 2.24) is 4.90 Å². The molecular weight excluding hydrogens is 413 g/mol. The van der Waals surface area contributed by atoms with Crippen molar-refractivity contribution in [2.45, 2.75) is 30.8 Å². The molecular formula is C24H26FN3O4. The number of nitrogens with zero attached hydrogens (tertiary/aromatic N) is 2. The third kappa shape index (κ3) is 3.43. The lowest BCUT2D eigenvalue weighted by Gasteiger charge is -2.58. The van der Waals surface area contributed by atoms with Crippen molar-refractivity contribution in [1.29, 1.82) is 0 Å². The molecule has 2 aromatic rings. The van der Waals surface area contributed by atoms with Crippen LogP contribution in [0.25, 0.3) is 0 Å². The van der Waals surface area contributed by atoms with Crippen molar-refractivity contribution in [3.05, 3.63) is 59.9 Å². The maximum atomic E-state index is 14.1. The van der Waals surface area contributed by atoms with E-state index in [0.717, 1.165) is 11.3 Å². The van der Waals surface area contributed by atoms with Gasteiger partial charge in [-0.1, -0.05) is 30.3 Å². The van der Waals surface area contributed by atoms with Gasteiger partial charge in [-0.25, -0.2) is 9.18 Å². The molecule has 0 aromatic heterocycles. The number of benzene rings is 2. The largest absolute Gasteiger partial charge is 0.394 e. The molecule has 0 bridgehead atoms. The Bertz CT molecular complexity index is 1030. The van der Waals surface area contributed by atoms with E-state index < -0.39 is 17.9 Å². The SMILES string of the molecule is O=C(C1CCOCC1)N1C[C@@H]2[C@@H](c3ccccc31)[C@@H](CO)N2C(=O)Nc1ccccc1F. The normalized spacial score (nSPS) is 24.9. The van der Waals surface area contributed by atoms with Gasteiger partial charge in [0.15, 0.2) is 0 Å². The van der Waals surface area contributed by atoms with Gasteiger partial charge >= 0.3 is 6.03 Å². The molecule has 0 unspecified atom stereocenters. The van der Waals surface area contributed by atoms with Gasteiger partial charge < -0.3 is 25.0 Å². The zero-order chi connectivity index (χ0) is 22.2. The molecule has 5 rings (SSSR count). The lowest BCUT2D eigenvalue weighted by Crippen LogP contribution is -2.71. The molecule has 3 aliphatic heterocycles. The minimum atomic E-state index is -0.524. The number of aliphatic hydroxyl groups is 1. The van der Waals surface area contributed by atoms with E-state index in [1.54, 1.807) is 21.9 Å². The molecule has 0 saturated carbocycles. The van der Waals surface area contributed by atoms with E-state index in [9.17, 15) is 19.1 Å². The molecule has 3 atom stereocenters. The van der Waals surface area contributed by atoms with Crippen LogP contribution in [-0.4, -0.2) is 60.4 Å². The Labute approximate surface area is 185 Å². The first kappa shape index (κ1) is 20.9. The van der Waals surface area contributed by atoms with E-state index in [0.29, 0.717) is 32.6 Å². The Hall–Kier alpha value is -2.97. The number of ether oxygens (including phenoxy) is 1. The summed E-state index contributed by atoms with van der Waals surface area (Å²) in [5, 5.41) is 12.7. The monoisotopic (exact) mass is 439 g/mol. The third-order valence-electron chi connectivity index (χ3n) is 6.87. The van der Waals surface area contributed by atoms with E-state index in [-0.39, 0.29) is 36.1 Å². The second kappa shape index (κ2) is 8.52. The van der Waals surface area contributed by atoms with Crippen LogP contribution in [0.5, 0.6) is 0 Å². The predicted octanol–water partition coefficient (Wildman–Crippen LogP) is 2.96. The van der Waals surface area contributed by atoms with Crippen LogP contribution < -0.4 is 10.2 Å². The molecule has 32 heavy (non-hydrogen) atoms. The molecule has 2 fully saturated rings. The first-order valence-electron chi connectivity index (χ1n) is 11.0. The van der Waals surface area contributed by atoms with E-state index in [4.69, 9.17) is 4.74 Å². The highest BCUT2D eigenvalue weighted by molar-refractivity contribution is 5.98. The maximum absolute atomic E-state index is 14.1. The topological polar surface area (TPSA) is 82.1 Å². The van der Waals surface area contributed by atoms with Crippen LogP contribution in [0.2, 0.25) is 0 Å². The molecule has 8 heteroatoms. The number of hydrogen-bond donors (Lipinski definition) is 2. The molecule has 0 aliphatic carbocycles. The van der Waals surface area contributed by atoms with E-state index in [2.05, 4.69) is 5.32 Å². The fourth-order valence-corrected chi connectivity index (χ4v) is 5.28. The summed E-state index contributed by atoms with van der Waals surface area (Å²) in [6.07, 6.45) is 1.37. The number of rotatable bonds is 3. The molecule has 3 amide bonds. The number of aliphatic hydroxyl groups excluding tert-OH is 1. The summed E-state index contributed by atoms with van der Waals surface area (Å²) in [5.41, 5.74) is 1.89. The van der Waals surface area contributed by atoms with Gasteiger partial charge in [-0.15, -0.1) is 0 Å². The van der Waals surface area contributed by atoms with Gasteiger partial charge in [0.2, 0.25) is 5.91 Å². The molecule has 3 aliphatic rings. The number of likely N-dealkylation sites (tertiary alicyclic amines) is 1. The second-order valence-corrected chi connectivity index (χ2v) is 8.55. The molecule has 2 N–H and O–H groups in total. The first-order chi connectivity index (χ1) is 15.6. The van der Waals surface area contributed by atoms with Crippen molar-refractivity contribution in [3.63, 3.8) is 0 Å². The average Bonchev–Trinajstić information content (AvgIpc) is 2.81. The van der Waals surface area contributed by atoms with E-state index >= 15 is 0 Å². The molecule has 2 saturated heterocycles. The summed E-state index contributed by atoms with van der Waals surface area (Å²) in [7, 11) is 0. The quantitative estimate of drug-likeness (QED) is 0.771. The number of amides is 3. The first-order valence-corrected chi connectivity index (χ1v) is 11.0. The van der Waals surface area contributed by atoms with Crippen molar-refractivity contribution in [2.24, 2.45) is 5.92 Å². The third-order valence-corrected chi connectivity index (χ3v) is 6.87. The second-order valence-electron chi connectivity index (χ2n) is 8.55. The number of urea groups is 1. The smallest absolute Gasteiger partial charge is 0.322 e. The van der Waals surface area contributed by atoms with E-state index in [1.807, 2.05) is 24.3 Å². The Morgan fingerprint density at radius 2 is 1.81 bits per heavy atom. The zero-order valence-corrected chi connectivity index (χ0v) is 17.6. The highest BCUT2D eigenvalue weighted by atomic mass is 19.1. The molecule has 0 radical (unpaired) electrons. The number of nitrogens with one attached hydrogen (secondary N) is 1. The van der Waals surface area contributed by atoms with E-state index in [1.165, 1.54) is 12.1 Å². The maximum Gasteiger partial charge on any atom is 0.322 e. The Morgan fingerprint density at radius 1 is 1.09 bits per heavy atom. The minimum absolute atomic E-state index is 0.0427. The highest BCUT2D eigenvalue weighted by Gasteiger charge is 2.55. The van der Waals surface area contributed by atoms with Crippen molar-refractivity contribution >= 4 is 23.3 Å². The molecule has 3 heterocycles. The average molecular weight is 439 g/mol. The summed E-state index contributed by atoms with van der Waals surface area (Å²) >= 11 is 0. The van der Waals surface area contributed by atoms with Crippen molar-refractivity contribution in [2.75, 3.05) is 36.6 Å².